The van der Waals surface area contributed by atoms with Gasteiger partial charge in [0, 0.05) is 11.3 Å². The smallest absolute Gasteiger partial charge is 0.251 e. The van der Waals surface area contributed by atoms with E-state index in [9.17, 15) is 14.0 Å². The van der Waals surface area contributed by atoms with Crippen molar-refractivity contribution < 1.29 is 18.7 Å². The lowest BCUT2D eigenvalue weighted by atomic mass is 10.2. The van der Waals surface area contributed by atoms with Crippen LogP contribution < -0.4 is 15.4 Å². The van der Waals surface area contributed by atoms with E-state index in [1.54, 1.807) is 30.3 Å². The van der Waals surface area contributed by atoms with Crippen LogP contribution in [-0.2, 0) is 4.79 Å². The summed E-state index contributed by atoms with van der Waals surface area (Å²) in [6, 6.07) is 12.1. The highest BCUT2D eigenvalue weighted by molar-refractivity contribution is 5.99. The third-order valence-electron chi connectivity index (χ3n) is 2.95. The number of nitrogens with one attached hydrogen (secondary N) is 2. The number of halogens is 1. The Labute approximate surface area is 133 Å². The molecule has 2 rings (SSSR count). The first kappa shape index (κ1) is 16.5. The van der Waals surface area contributed by atoms with Gasteiger partial charge in [-0.25, -0.2) is 4.39 Å². The summed E-state index contributed by atoms with van der Waals surface area (Å²) < 4.78 is 18.3. The van der Waals surface area contributed by atoms with E-state index in [2.05, 4.69) is 10.6 Å². The second-order valence-electron chi connectivity index (χ2n) is 4.70. The molecule has 5 nitrogen and oxygen atoms in total. The Balaban J connectivity index is 1.84. The van der Waals surface area contributed by atoms with Crippen LogP contribution in [0.5, 0.6) is 5.75 Å². The van der Waals surface area contributed by atoms with Crippen LogP contribution in [0.15, 0.2) is 48.5 Å². The van der Waals surface area contributed by atoms with Gasteiger partial charge in [-0.3, -0.25) is 9.59 Å². The van der Waals surface area contributed by atoms with Crippen molar-refractivity contribution in [2.24, 2.45) is 0 Å². The zero-order valence-electron chi connectivity index (χ0n) is 12.6. The number of ether oxygens (including phenoxy) is 1. The molecule has 0 saturated carbocycles. The van der Waals surface area contributed by atoms with Crippen LogP contribution in [0.4, 0.5) is 10.1 Å². The molecule has 0 radical (unpaired) electrons. The average molecular weight is 316 g/mol. The zero-order valence-corrected chi connectivity index (χ0v) is 12.6. The van der Waals surface area contributed by atoms with Gasteiger partial charge in [-0.05, 0) is 49.4 Å². The average Bonchev–Trinajstić information content (AvgIpc) is 2.54. The lowest BCUT2D eigenvalue weighted by Gasteiger charge is -2.08. The Morgan fingerprint density at radius 3 is 2.52 bits per heavy atom. The minimum atomic E-state index is -0.443. The molecule has 0 aliphatic heterocycles. The number of carbonyl (C=O) groups is 2. The van der Waals surface area contributed by atoms with E-state index in [4.69, 9.17) is 4.74 Å². The maximum Gasteiger partial charge on any atom is 0.251 e. The predicted molar refractivity (Wildman–Crippen MR) is 85.0 cm³/mol. The monoisotopic (exact) mass is 316 g/mol. The lowest BCUT2D eigenvalue weighted by molar-refractivity contribution is -0.115. The van der Waals surface area contributed by atoms with Crippen LogP contribution in [0.2, 0.25) is 0 Å². The minimum Gasteiger partial charge on any atom is -0.494 e. The second-order valence-corrected chi connectivity index (χ2v) is 4.70. The SMILES string of the molecule is CCOc1ccc(C(=O)NCC(=O)Nc2cccc(F)c2)cc1. The van der Waals surface area contributed by atoms with Gasteiger partial charge < -0.3 is 15.4 Å². The molecule has 0 saturated heterocycles. The van der Waals surface area contributed by atoms with Gasteiger partial charge in [0.15, 0.2) is 0 Å². The molecule has 0 aliphatic rings. The largest absolute Gasteiger partial charge is 0.494 e. The number of carbonyl (C=O) groups excluding carboxylic acids is 2. The van der Waals surface area contributed by atoms with Crippen LogP contribution in [0.25, 0.3) is 0 Å². The second kappa shape index (κ2) is 7.93. The van der Waals surface area contributed by atoms with Gasteiger partial charge in [-0.15, -0.1) is 0 Å². The molecule has 2 N–H and O–H groups in total. The van der Waals surface area contributed by atoms with E-state index in [-0.39, 0.29) is 12.5 Å². The molecular formula is C17H17FN2O3. The summed E-state index contributed by atoms with van der Waals surface area (Å²) in [5.74, 6) is -0.577. The quantitative estimate of drug-likeness (QED) is 0.861. The molecule has 0 aliphatic carbocycles. The number of hydrogen-bond acceptors (Lipinski definition) is 3. The Morgan fingerprint density at radius 1 is 1.13 bits per heavy atom. The Hall–Kier alpha value is -2.89. The summed E-state index contributed by atoms with van der Waals surface area (Å²) in [6.45, 7) is 2.21. The Morgan fingerprint density at radius 2 is 1.87 bits per heavy atom. The molecule has 120 valence electrons. The summed E-state index contributed by atoms with van der Waals surface area (Å²) in [4.78, 5) is 23.7. The fraction of sp³-hybridized carbons (Fsp3) is 0.176. The number of amides is 2. The van der Waals surface area contributed by atoms with Crippen LogP contribution in [-0.4, -0.2) is 25.0 Å². The number of rotatable bonds is 6. The maximum absolute atomic E-state index is 13.0. The van der Waals surface area contributed by atoms with Crippen LogP contribution >= 0.6 is 0 Å². The molecule has 0 bridgehead atoms. The van der Waals surface area contributed by atoms with Crippen molar-refractivity contribution in [3.8, 4) is 5.75 Å². The first-order valence-corrected chi connectivity index (χ1v) is 7.15. The highest BCUT2D eigenvalue weighted by Crippen LogP contribution is 2.12. The topological polar surface area (TPSA) is 67.4 Å². The van der Waals surface area contributed by atoms with Crippen LogP contribution in [0, 0.1) is 5.82 Å². The molecule has 2 aromatic carbocycles. The molecule has 0 fully saturated rings. The predicted octanol–water partition coefficient (Wildman–Crippen LogP) is 2.59. The van der Waals surface area contributed by atoms with Gasteiger partial charge in [0.05, 0.1) is 13.2 Å². The third kappa shape index (κ3) is 5.10. The Bertz CT molecular complexity index is 686. The van der Waals surface area contributed by atoms with E-state index in [0.717, 1.165) is 0 Å². The summed E-state index contributed by atoms with van der Waals surface area (Å²) >= 11 is 0. The standard InChI is InChI=1S/C17H17FN2O3/c1-2-23-15-8-6-12(7-9-15)17(22)19-11-16(21)20-14-5-3-4-13(18)10-14/h3-10H,2,11H2,1H3,(H,19,22)(H,20,21). The molecule has 0 heterocycles. The summed E-state index contributed by atoms with van der Waals surface area (Å²) in [7, 11) is 0. The van der Waals surface area contributed by atoms with Crippen molar-refractivity contribution in [1.29, 1.82) is 0 Å². The van der Waals surface area contributed by atoms with E-state index in [1.807, 2.05) is 6.92 Å². The van der Waals surface area contributed by atoms with Gasteiger partial charge in [-0.2, -0.15) is 0 Å². The highest BCUT2D eigenvalue weighted by Gasteiger charge is 2.08. The van der Waals surface area contributed by atoms with Crippen molar-refractivity contribution in [2.45, 2.75) is 6.92 Å². The fourth-order valence-electron chi connectivity index (χ4n) is 1.90. The molecule has 0 unspecified atom stereocenters. The lowest BCUT2D eigenvalue weighted by Crippen LogP contribution is -2.32. The van der Waals surface area contributed by atoms with Crippen molar-refractivity contribution in [3.63, 3.8) is 0 Å². The fourth-order valence-corrected chi connectivity index (χ4v) is 1.90. The van der Waals surface area contributed by atoms with Crippen molar-refractivity contribution in [3.05, 3.63) is 59.9 Å². The first-order valence-electron chi connectivity index (χ1n) is 7.15. The molecule has 0 aromatic heterocycles. The molecule has 2 aromatic rings. The van der Waals surface area contributed by atoms with E-state index < -0.39 is 11.7 Å². The van der Waals surface area contributed by atoms with Crippen molar-refractivity contribution in [2.75, 3.05) is 18.5 Å². The minimum absolute atomic E-state index is 0.206. The van der Waals surface area contributed by atoms with Gasteiger partial charge in [-0.1, -0.05) is 6.07 Å². The van der Waals surface area contributed by atoms with Gasteiger partial charge in [0.2, 0.25) is 5.91 Å². The van der Waals surface area contributed by atoms with Gasteiger partial charge in [0.25, 0.3) is 5.91 Å². The van der Waals surface area contributed by atoms with E-state index in [0.29, 0.717) is 23.6 Å². The van der Waals surface area contributed by atoms with Crippen LogP contribution in [0.3, 0.4) is 0 Å². The van der Waals surface area contributed by atoms with Crippen molar-refractivity contribution >= 4 is 17.5 Å². The summed E-state index contributed by atoms with van der Waals surface area (Å²) in [6.07, 6.45) is 0. The number of benzene rings is 2. The molecule has 0 spiro atoms. The van der Waals surface area contributed by atoms with E-state index in [1.165, 1.54) is 18.2 Å². The van der Waals surface area contributed by atoms with E-state index >= 15 is 0 Å². The summed E-state index contributed by atoms with van der Waals surface area (Å²) in [5.41, 5.74) is 0.761. The number of anilines is 1. The normalized spacial score (nSPS) is 10.0. The van der Waals surface area contributed by atoms with Crippen LogP contribution in [0.1, 0.15) is 17.3 Å². The zero-order chi connectivity index (χ0) is 16.7. The molecular weight excluding hydrogens is 299 g/mol. The summed E-state index contributed by atoms with van der Waals surface area (Å²) in [5, 5.41) is 5.00. The van der Waals surface area contributed by atoms with Crippen molar-refractivity contribution in [1.82, 2.24) is 5.32 Å². The van der Waals surface area contributed by atoms with Gasteiger partial charge >= 0.3 is 0 Å². The van der Waals surface area contributed by atoms with Gasteiger partial charge in [0.1, 0.15) is 11.6 Å². The first-order chi connectivity index (χ1) is 11.1. The molecule has 2 amide bonds. The molecule has 6 heteroatoms. The Kier molecular flexibility index (Phi) is 5.68. The molecule has 23 heavy (non-hydrogen) atoms. The number of hydrogen-bond donors (Lipinski definition) is 2. The molecule has 0 atom stereocenters. The highest BCUT2D eigenvalue weighted by atomic mass is 19.1. The maximum atomic E-state index is 13.0. The third-order valence-corrected chi connectivity index (χ3v) is 2.95.